The van der Waals surface area contributed by atoms with E-state index in [2.05, 4.69) is 9.88 Å². The van der Waals surface area contributed by atoms with Gasteiger partial charge in [0.1, 0.15) is 5.69 Å². The normalized spacial score (nSPS) is 14.8. The Morgan fingerprint density at radius 1 is 1.03 bits per heavy atom. The van der Waals surface area contributed by atoms with Gasteiger partial charge >= 0.3 is 0 Å². The Labute approximate surface area is 193 Å². The Morgan fingerprint density at radius 2 is 1.79 bits per heavy atom. The van der Waals surface area contributed by atoms with Crippen LogP contribution in [0.3, 0.4) is 0 Å². The first-order chi connectivity index (χ1) is 16.2. The number of rotatable bonds is 9. The number of amides is 1. The van der Waals surface area contributed by atoms with Crippen molar-refractivity contribution in [3.05, 3.63) is 72.7 Å². The first kappa shape index (κ1) is 22.8. The van der Waals surface area contributed by atoms with Gasteiger partial charge in [-0.3, -0.25) is 14.7 Å². The summed E-state index contributed by atoms with van der Waals surface area (Å²) in [5.74, 6) is -0.000630. The molecule has 3 aromatic rings. The number of ether oxygens (including phenoxy) is 1. The van der Waals surface area contributed by atoms with Crippen LogP contribution in [0.4, 0.5) is 0 Å². The molecule has 1 N–H and O–H groups in total. The second-order valence-electron chi connectivity index (χ2n) is 7.79. The SMILES string of the molecule is O=C(/C=C/c1cn(-c2ccccc2)nc1-c1ccncc1)N1CCN(CCOCCO)CC1. The van der Waals surface area contributed by atoms with E-state index in [-0.39, 0.29) is 12.5 Å². The summed E-state index contributed by atoms with van der Waals surface area (Å²) in [6.45, 7) is 4.82. The molecule has 0 bridgehead atoms. The Balaban J connectivity index is 1.43. The number of hydrogen-bond donors (Lipinski definition) is 1. The fourth-order valence-electron chi connectivity index (χ4n) is 3.77. The lowest BCUT2D eigenvalue weighted by Crippen LogP contribution is -2.49. The fraction of sp³-hybridized carbons (Fsp3) is 0.320. The number of piperazine rings is 1. The smallest absolute Gasteiger partial charge is 0.246 e. The summed E-state index contributed by atoms with van der Waals surface area (Å²) >= 11 is 0. The first-order valence-electron chi connectivity index (χ1n) is 11.2. The second kappa shape index (κ2) is 11.5. The average Bonchev–Trinajstić information content (AvgIpc) is 3.31. The van der Waals surface area contributed by atoms with Crippen LogP contribution < -0.4 is 0 Å². The number of nitrogens with zero attached hydrogens (tertiary/aromatic N) is 5. The number of aliphatic hydroxyl groups is 1. The van der Waals surface area contributed by atoms with Crippen molar-refractivity contribution in [2.45, 2.75) is 0 Å². The maximum Gasteiger partial charge on any atom is 0.246 e. The van der Waals surface area contributed by atoms with E-state index in [1.807, 2.05) is 64.3 Å². The largest absolute Gasteiger partial charge is 0.394 e. The maximum absolute atomic E-state index is 12.8. The summed E-state index contributed by atoms with van der Waals surface area (Å²) in [5, 5.41) is 13.5. The van der Waals surface area contributed by atoms with Gasteiger partial charge in [0.25, 0.3) is 0 Å². The zero-order valence-electron chi connectivity index (χ0n) is 18.6. The molecular formula is C25H29N5O3. The average molecular weight is 448 g/mol. The number of aromatic nitrogens is 3. The van der Waals surface area contributed by atoms with Crippen molar-refractivity contribution < 1.29 is 14.6 Å². The van der Waals surface area contributed by atoms with Crippen molar-refractivity contribution in [3.63, 3.8) is 0 Å². The van der Waals surface area contributed by atoms with Crippen LogP contribution >= 0.6 is 0 Å². The molecule has 3 heterocycles. The van der Waals surface area contributed by atoms with Crippen molar-refractivity contribution >= 4 is 12.0 Å². The number of pyridine rings is 1. The Bertz CT molecular complexity index is 1040. The van der Waals surface area contributed by atoms with Gasteiger partial charge < -0.3 is 14.7 Å². The third-order valence-electron chi connectivity index (χ3n) is 5.59. The summed E-state index contributed by atoms with van der Waals surface area (Å²) < 4.78 is 7.16. The first-order valence-corrected chi connectivity index (χ1v) is 11.2. The predicted molar refractivity (Wildman–Crippen MR) is 127 cm³/mol. The molecule has 4 rings (SSSR count). The number of hydrogen-bond acceptors (Lipinski definition) is 6. The Morgan fingerprint density at radius 3 is 2.52 bits per heavy atom. The summed E-state index contributed by atoms with van der Waals surface area (Å²) in [6, 6.07) is 13.7. The maximum atomic E-state index is 12.8. The highest BCUT2D eigenvalue weighted by molar-refractivity contribution is 5.93. The lowest BCUT2D eigenvalue weighted by molar-refractivity contribution is -0.127. The van der Waals surface area contributed by atoms with Gasteiger partial charge in [-0.25, -0.2) is 4.68 Å². The van der Waals surface area contributed by atoms with Crippen LogP contribution in [0, 0.1) is 0 Å². The van der Waals surface area contributed by atoms with Crippen LogP contribution in [0.15, 0.2) is 67.1 Å². The number of para-hydroxylation sites is 1. The highest BCUT2D eigenvalue weighted by Crippen LogP contribution is 2.24. The minimum Gasteiger partial charge on any atom is -0.394 e. The molecule has 1 saturated heterocycles. The molecule has 0 aliphatic carbocycles. The van der Waals surface area contributed by atoms with E-state index in [0.29, 0.717) is 26.3 Å². The molecule has 33 heavy (non-hydrogen) atoms. The topological polar surface area (TPSA) is 83.7 Å². The molecule has 2 aromatic heterocycles. The Kier molecular flexibility index (Phi) is 7.97. The monoisotopic (exact) mass is 447 g/mol. The minimum absolute atomic E-state index is 0.000630. The van der Waals surface area contributed by atoms with Crippen molar-refractivity contribution in [3.8, 4) is 16.9 Å². The van der Waals surface area contributed by atoms with Crippen LogP contribution in [0.25, 0.3) is 23.0 Å². The van der Waals surface area contributed by atoms with Crippen molar-refractivity contribution in [2.75, 3.05) is 52.5 Å². The quantitative estimate of drug-likeness (QED) is 0.400. The van der Waals surface area contributed by atoms with Gasteiger partial charge in [0.2, 0.25) is 5.91 Å². The third-order valence-corrected chi connectivity index (χ3v) is 5.59. The summed E-state index contributed by atoms with van der Waals surface area (Å²) in [6.07, 6.45) is 8.91. The van der Waals surface area contributed by atoms with Gasteiger partial charge in [0.05, 0.1) is 25.5 Å². The van der Waals surface area contributed by atoms with Crippen LogP contribution in [0.1, 0.15) is 5.56 Å². The van der Waals surface area contributed by atoms with E-state index in [0.717, 1.165) is 42.1 Å². The Hall–Kier alpha value is -3.33. The van der Waals surface area contributed by atoms with E-state index < -0.39 is 0 Å². The number of aliphatic hydroxyl groups excluding tert-OH is 1. The highest BCUT2D eigenvalue weighted by atomic mass is 16.5. The molecule has 1 aliphatic rings. The molecule has 1 aliphatic heterocycles. The molecule has 1 aromatic carbocycles. The molecule has 0 spiro atoms. The lowest BCUT2D eigenvalue weighted by atomic mass is 10.1. The highest BCUT2D eigenvalue weighted by Gasteiger charge is 2.19. The summed E-state index contributed by atoms with van der Waals surface area (Å²) in [5.41, 5.74) is 3.58. The van der Waals surface area contributed by atoms with Crippen molar-refractivity contribution in [1.82, 2.24) is 24.6 Å². The van der Waals surface area contributed by atoms with Crippen molar-refractivity contribution in [1.29, 1.82) is 0 Å². The molecule has 0 unspecified atom stereocenters. The zero-order chi connectivity index (χ0) is 22.9. The third kappa shape index (κ3) is 6.13. The molecule has 8 nitrogen and oxygen atoms in total. The van der Waals surface area contributed by atoms with Gasteiger partial charge in [-0.05, 0) is 30.3 Å². The second-order valence-corrected chi connectivity index (χ2v) is 7.79. The molecule has 1 amide bonds. The van der Waals surface area contributed by atoms with Crippen LogP contribution in [-0.4, -0.2) is 88.1 Å². The molecule has 0 atom stereocenters. The minimum atomic E-state index is -0.000630. The molecule has 8 heteroatoms. The van der Waals surface area contributed by atoms with Gasteiger partial charge in [0, 0.05) is 68.5 Å². The molecular weight excluding hydrogens is 418 g/mol. The van der Waals surface area contributed by atoms with Crippen LogP contribution in [-0.2, 0) is 9.53 Å². The molecule has 172 valence electrons. The van der Waals surface area contributed by atoms with E-state index in [4.69, 9.17) is 14.9 Å². The van der Waals surface area contributed by atoms with E-state index in [9.17, 15) is 4.79 Å². The van der Waals surface area contributed by atoms with E-state index in [1.165, 1.54) is 0 Å². The van der Waals surface area contributed by atoms with Gasteiger partial charge in [-0.2, -0.15) is 5.10 Å². The van der Waals surface area contributed by atoms with E-state index in [1.54, 1.807) is 18.5 Å². The molecule has 0 saturated carbocycles. The van der Waals surface area contributed by atoms with Gasteiger partial charge in [-0.1, -0.05) is 18.2 Å². The summed E-state index contributed by atoms with van der Waals surface area (Å²) in [4.78, 5) is 21.1. The van der Waals surface area contributed by atoms with Crippen molar-refractivity contribution in [2.24, 2.45) is 0 Å². The number of carbonyl (C=O) groups excluding carboxylic acids is 1. The van der Waals surface area contributed by atoms with Crippen LogP contribution in [0.5, 0.6) is 0 Å². The van der Waals surface area contributed by atoms with Crippen LogP contribution in [0.2, 0.25) is 0 Å². The number of benzene rings is 1. The zero-order valence-corrected chi connectivity index (χ0v) is 18.6. The fourth-order valence-corrected chi connectivity index (χ4v) is 3.77. The number of carbonyl (C=O) groups is 1. The molecule has 0 radical (unpaired) electrons. The standard InChI is InChI=1S/C25H29N5O3/c31-17-19-33-18-16-28-12-14-29(15-13-28)24(32)7-6-22-20-30(23-4-2-1-3-5-23)27-25(22)21-8-10-26-11-9-21/h1-11,20,31H,12-19H2/b7-6+. The lowest BCUT2D eigenvalue weighted by Gasteiger charge is -2.34. The van der Waals surface area contributed by atoms with E-state index >= 15 is 0 Å². The van der Waals surface area contributed by atoms with Gasteiger partial charge in [-0.15, -0.1) is 0 Å². The van der Waals surface area contributed by atoms with Gasteiger partial charge in [0.15, 0.2) is 0 Å². The summed E-state index contributed by atoms with van der Waals surface area (Å²) in [7, 11) is 0. The molecule has 1 fully saturated rings. The predicted octanol–water partition coefficient (Wildman–Crippen LogP) is 2.10.